The lowest BCUT2D eigenvalue weighted by Gasteiger charge is -2.06. The van der Waals surface area contributed by atoms with E-state index in [1.807, 2.05) is 0 Å². The van der Waals surface area contributed by atoms with Crippen LogP contribution in [-0.2, 0) is 9.53 Å². The van der Waals surface area contributed by atoms with Crippen molar-refractivity contribution in [2.45, 2.75) is 6.92 Å². The van der Waals surface area contributed by atoms with E-state index in [0.717, 1.165) is 5.56 Å². The summed E-state index contributed by atoms with van der Waals surface area (Å²) in [5.41, 5.74) is 1.25. The lowest BCUT2D eigenvalue weighted by molar-refractivity contribution is -0.131. The molecule has 0 aliphatic heterocycles. The largest absolute Gasteiger partial charge is 0.477 e. The Hall–Kier alpha value is -1.52. The highest BCUT2D eigenvalue weighted by Crippen LogP contribution is 2.23. The van der Waals surface area contributed by atoms with Crippen molar-refractivity contribution >= 4 is 23.1 Å². The number of allylic oxidation sites excluding steroid dienone is 1. The summed E-state index contributed by atoms with van der Waals surface area (Å²) in [4.78, 5) is 10.7. The Balaban J connectivity index is 2.87. The fourth-order valence-electron chi connectivity index (χ4n) is 1.22. The summed E-state index contributed by atoms with van der Waals surface area (Å²) in [7, 11) is 1.54. The number of hydrogen-bond donors (Lipinski definition) is 1. The van der Waals surface area contributed by atoms with Gasteiger partial charge < -0.3 is 14.6 Å². The van der Waals surface area contributed by atoms with Gasteiger partial charge in [0.05, 0.1) is 0 Å². The van der Waals surface area contributed by atoms with E-state index >= 15 is 0 Å². The maximum absolute atomic E-state index is 10.7. The number of carboxylic acid groups (broad SMARTS) is 1. The fourth-order valence-corrected chi connectivity index (χ4v) is 1.32. The number of carbonyl (C=O) groups is 1. The predicted octanol–water partition coefficient (Wildman–Crippen LogP) is 2.72. The quantitative estimate of drug-likeness (QED) is 0.650. The molecule has 0 amide bonds. The van der Waals surface area contributed by atoms with Gasteiger partial charge in [0.2, 0.25) is 0 Å². The Labute approximate surface area is 104 Å². The van der Waals surface area contributed by atoms with Crippen molar-refractivity contribution < 1.29 is 19.4 Å². The minimum absolute atomic E-state index is 0.171. The molecule has 1 aromatic rings. The molecular weight excluding hydrogens is 244 g/mol. The molecule has 0 spiro atoms. The van der Waals surface area contributed by atoms with Crippen LogP contribution < -0.4 is 4.74 Å². The molecule has 0 radical (unpaired) electrons. The minimum atomic E-state index is -1.14. The zero-order valence-electron chi connectivity index (χ0n) is 9.57. The Morgan fingerprint density at radius 3 is 2.41 bits per heavy atom. The first kappa shape index (κ1) is 13.5. The lowest BCUT2D eigenvalue weighted by Crippen LogP contribution is -1.99. The van der Waals surface area contributed by atoms with Crippen LogP contribution >= 0.6 is 11.6 Å². The van der Waals surface area contributed by atoms with Crippen LogP contribution in [0.3, 0.4) is 0 Å². The third-order valence-electron chi connectivity index (χ3n) is 2.15. The number of methoxy groups -OCH3 is 1. The van der Waals surface area contributed by atoms with Crippen LogP contribution in [0.2, 0.25) is 0 Å². The zero-order valence-corrected chi connectivity index (χ0v) is 10.3. The van der Waals surface area contributed by atoms with Crippen molar-refractivity contribution in [2.24, 2.45) is 0 Å². The molecule has 1 rings (SSSR count). The second-order valence-corrected chi connectivity index (χ2v) is 3.70. The molecule has 0 fully saturated rings. The number of ether oxygens (including phenoxy) is 2. The van der Waals surface area contributed by atoms with Gasteiger partial charge in [0, 0.05) is 7.11 Å². The molecular formula is C12H13ClO4. The average Bonchev–Trinajstić information content (AvgIpc) is 2.35. The summed E-state index contributed by atoms with van der Waals surface area (Å²) < 4.78 is 9.97. The van der Waals surface area contributed by atoms with E-state index in [9.17, 15) is 4.79 Å². The van der Waals surface area contributed by atoms with Gasteiger partial charge in [-0.3, -0.25) is 0 Å². The van der Waals surface area contributed by atoms with E-state index in [1.165, 1.54) is 7.11 Å². The van der Waals surface area contributed by atoms with Crippen LogP contribution in [0.25, 0.3) is 5.57 Å². The summed E-state index contributed by atoms with van der Waals surface area (Å²) >= 11 is 5.65. The molecule has 4 nitrogen and oxygen atoms in total. The van der Waals surface area contributed by atoms with E-state index in [1.54, 1.807) is 31.2 Å². The molecule has 0 saturated carbocycles. The van der Waals surface area contributed by atoms with Gasteiger partial charge in [-0.1, -0.05) is 23.7 Å². The first-order valence-electron chi connectivity index (χ1n) is 4.88. The van der Waals surface area contributed by atoms with Crippen LogP contribution in [0.15, 0.2) is 29.3 Å². The number of halogens is 1. The van der Waals surface area contributed by atoms with Crippen molar-refractivity contribution in [3.63, 3.8) is 0 Å². The normalized spacial score (nSPS) is 11.9. The number of hydrogen-bond acceptors (Lipinski definition) is 3. The minimum Gasteiger partial charge on any atom is -0.477 e. The Bertz CT molecular complexity index is 423. The third-order valence-corrected chi connectivity index (χ3v) is 2.59. The Morgan fingerprint density at radius 1 is 1.35 bits per heavy atom. The number of benzene rings is 1. The summed E-state index contributed by atoms with van der Waals surface area (Å²) in [6, 6.07) is 6.94. The maximum Gasteiger partial charge on any atom is 0.347 e. The lowest BCUT2D eigenvalue weighted by atomic mass is 10.1. The molecule has 0 aliphatic carbocycles. The van der Waals surface area contributed by atoms with Crippen LogP contribution in [0, 0.1) is 0 Å². The van der Waals surface area contributed by atoms with E-state index < -0.39 is 5.97 Å². The molecule has 0 unspecified atom stereocenters. The number of rotatable bonds is 5. The maximum atomic E-state index is 10.7. The zero-order chi connectivity index (χ0) is 12.8. The van der Waals surface area contributed by atoms with Crippen molar-refractivity contribution in [3.05, 3.63) is 34.9 Å². The first-order valence-corrected chi connectivity index (χ1v) is 5.26. The highest BCUT2D eigenvalue weighted by atomic mass is 35.5. The Morgan fingerprint density at radius 2 is 1.94 bits per heavy atom. The molecule has 5 heteroatoms. The van der Waals surface area contributed by atoms with E-state index in [2.05, 4.69) is 0 Å². The second-order valence-electron chi connectivity index (χ2n) is 3.32. The van der Waals surface area contributed by atoms with Crippen LogP contribution in [0.4, 0.5) is 0 Å². The molecule has 0 heterocycles. The molecule has 1 N–H and O–H groups in total. The summed E-state index contributed by atoms with van der Waals surface area (Å²) in [6.45, 7) is 1.82. The van der Waals surface area contributed by atoms with Gasteiger partial charge in [-0.2, -0.15) is 0 Å². The smallest absolute Gasteiger partial charge is 0.347 e. The van der Waals surface area contributed by atoms with Crippen molar-refractivity contribution in [1.29, 1.82) is 0 Å². The third kappa shape index (κ3) is 3.76. The molecule has 0 saturated heterocycles. The monoisotopic (exact) mass is 256 g/mol. The van der Waals surface area contributed by atoms with Gasteiger partial charge in [0.1, 0.15) is 10.8 Å². The van der Waals surface area contributed by atoms with Gasteiger partial charge >= 0.3 is 5.97 Å². The van der Waals surface area contributed by atoms with Crippen LogP contribution in [-0.4, -0.2) is 25.0 Å². The van der Waals surface area contributed by atoms with E-state index in [4.69, 9.17) is 26.2 Å². The van der Waals surface area contributed by atoms with Crippen molar-refractivity contribution in [2.75, 3.05) is 13.9 Å². The highest BCUT2D eigenvalue weighted by molar-refractivity contribution is 6.44. The molecule has 0 bridgehead atoms. The number of aliphatic carboxylic acids is 1. The molecule has 0 atom stereocenters. The molecule has 17 heavy (non-hydrogen) atoms. The van der Waals surface area contributed by atoms with Gasteiger partial charge in [0.15, 0.2) is 6.79 Å². The highest BCUT2D eigenvalue weighted by Gasteiger charge is 2.09. The van der Waals surface area contributed by atoms with Gasteiger partial charge in [-0.05, 0) is 30.2 Å². The Kier molecular flexibility index (Phi) is 5.00. The van der Waals surface area contributed by atoms with Crippen LogP contribution in [0.1, 0.15) is 12.5 Å². The number of carboxylic acids is 1. The molecule has 92 valence electrons. The average molecular weight is 257 g/mol. The topological polar surface area (TPSA) is 55.8 Å². The van der Waals surface area contributed by atoms with Crippen molar-refractivity contribution in [3.8, 4) is 5.75 Å². The first-order chi connectivity index (χ1) is 8.06. The summed E-state index contributed by atoms with van der Waals surface area (Å²) in [6.07, 6.45) is 0. The van der Waals surface area contributed by atoms with Crippen LogP contribution in [0.5, 0.6) is 5.75 Å². The standard InChI is InChI=1S/C12H13ClO4/c1-8(11(13)12(14)15)9-3-5-10(6-4-9)17-7-16-2/h3-6H,7H2,1-2H3,(H,14,15)/b11-8-. The van der Waals surface area contributed by atoms with Crippen molar-refractivity contribution in [1.82, 2.24) is 0 Å². The van der Waals surface area contributed by atoms with Gasteiger partial charge in [-0.25, -0.2) is 4.79 Å². The summed E-state index contributed by atoms with van der Waals surface area (Å²) in [5, 5.41) is 8.57. The van der Waals surface area contributed by atoms with Gasteiger partial charge in [0.25, 0.3) is 0 Å². The van der Waals surface area contributed by atoms with Gasteiger partial charge in [-0.15, -0.1) is 0 Å². The second kappa shape index (κ2) is 6.27. The van der Waals surface area contributed by atoms with E-state index in [0.29, 0.717) is 11.3 Å². The molecule has 0 aliphatic rings. The molecule has 1 aromatic carbocycles. The molecule has 0 aromatic heterocycles. The predicted molar refractivity (Wildman–Crippen MR) is 65.0 cm³/mol. The SMILES string of the molecule is COCOc1ccc(/C(C)=C(\Cl)C(=O)O)cc1. The summed E-state index contributed by atoms with van der Waals surface area (Å²) in [5.74, 6) is -0.487. The fraction of sp³-hybridized carbons (Fsp3) is 0.250. The van der Waals surface area contributed by atoms with E-state index in [-0.39, 0.29) is 11.8 Å².